The van der Waals surface area contributed by atoms with Crippen molar-refractivity contribution in [2.75, 3.05) is 6.54 Å². The fourth-order valence-corrected chi connectivity index (χ4v) is 2.69. The van der Waals surface area contributed by atoms with Gasteiger partial charge in [-0.1, -0.05) is 25.1 Å². The predicted molar refractivity (Wildman–Crippen MR) is 82.4 cm³/mol. The van der Waals surface area contributed by atoms with E-state index < -0.39 is 5.97 Å². The molecule has 2 heterocycles. The SMILES string of the molecule is CC(C)c1cc(C(=O)N2CCc3ccc(C(=O)O)cc3C2)no1. The molecule has 3 rings (SSSR count). The van der Waals surface area contributed by atoms with Gasteiger partial charge in [-0.2, -0.15) is 0 Å². The predicted octanol–water partition coefficient (Wildman–Crippen LogP) is 2.69. The molecule has 0 unspecified atom stereocenters. The van der Waals surface area contributed by atoms with E-state index in [0.29, 0.717) is 31.0 Å². The van der Waals surface area contributed by atoms with Crippen LogP contribution >= 0.6 is 0 Å². The molecule has 0 saturated carbocycles. The zero-order chi connectivity index (χ0) is 16.6. The van der Waals surface area contributed by atoms with Crippen LogP contribution in [0.15, 0.2) is 28.8 Å². The lowest BCUT2D eigenvalue weighted by Crippen LogP contribution is -2.36. The maximum Gasteiger partial charge on any atom is 0.335 e. The minimum atomic E-state index is -0.964. The molecule has 1 N–H and O–H groups in total. The quantitative estimate of drug-likeness (QED) is 0.941. The molecule has 0 saturated heterocycles. The molecule has 2 aromatic rings. The molecule has 1 amide bonds. The topological polar surface area (TPSA) is 83.6 Å². The minimum absolute atomic E-state index is 0.171. The minimum Gasteiger partial charge on any atom is -0.478 e. The van der Waals surface area contributed by atoms with Gasteiger partial charge in [0.15, 0.2) is 5.69 Å². The number of carboxylic acid groups (broad SMARTS) is 1. The second-order valence-corrected chi connectivity index (χ2v) is 6.03. The summed E-state index contributed by atoms with van der Waals surface area (Å²) in [5, 5.41) is 12.9. The first-order valence-electron chi connectivity index (χ1n) is 7.56. The number of fused-ring (bicyclic) bond motifs is 1. The molecular weight excluding hydrogens is 296 g/mol. The smallest absolute Gasteiger partial charge is 0.335 e. The number of aromatic carboxylic acids is 1. The standard InChI is InChI=1S/C17H18N2O4/c1-10(2)15-8-14(18-23-15)16(20)19-6-5-11-3-4-12(17(21)22)7-13(11)9-19/h3-4,7-8,10H,5-6,9H2,1-2H3,(H,21,22). The normalized spacial score (nSPS) is 14.0. The van der Waals surface area contributed by atoms with E-state index in [1.807, 2.05) is 19.9 Å². The van der Waals surface area contributed by atoms with Gasteiger partial charge in [-0.25, -0.2) is 4.79 Å². The lowest BCUT2D eigenvalue weighted by molar-refractivity contribution is 0.0696. The van der Waals surface area contributed by atoms with Crippen molar-refractivity contribution in [1.82, 2.24) is 10.1 Å². The second-order valence-electron chi connectivity index (χ2n) is 6.03. The maximum atomic E-state index is 12.6. The molecule has 1 aliphatic heterocycles. The molecular formula is C17H18N2O4. The molecule has 23 heavy (non-hydrogen) atoms. The van der Waals surface area contributed by atoms with Gasteiger partial charge in [-0.15, -0.1) is 0 Å². The average molecular weight is 314 g/mol. The van der Waals surface area contributed by atoms with Crippen LogP contribution in [0, 0.1) is 0 Å². The van der Waals surface area contributed by atoms with Crippen molar-refractivity contribution in [3.05, 3.63) is 52.4 Å². The molecule has 0 spiro atoms. The number of hydrogen-bond acceptors (Lipinski definition) is 4. The molecule has 0 fully saturated rings. The number of carboxylic acids is 1. The molecule has 0 bridgehead atoms. The van der Waals surface area contributed by atoms with Crippen molar-refractivity contribution >= 4 is 11.9 Å². The third kappa shape index (κ3) is 2.97. The Morgan fingerprint density at radius 1 is 1.26 bits per heavy atom. The highest BCUT2D eigenvalue weighted by atomic mass is 16.5. The summed E-state index contributed by atoms with van der Waals surface area (Å²) < 4.78 is 5.18. The fraction of sp³-hybridized carbons (Fsp3) is 0.353. The maximum absolute atomic E-state index is 12.6. The fourth-order valence-electron chi connectivity index (χ4n) is 2.69. The van der Waals surface area contributed by atoms with Gasteiger partial charge in [0.1, 0.15) is 5.76 Å². The van der Waals surface area contributed by atoms with E-state index in [1.54, 1.807) is 23.1 Å². The Hall–Kier alpha value is -2.63. The Morgan fingerprint density at radius 2 is 2.04 bits per heavy atom. The highest BCUT2D eigenvalue weighted by molar-refractivity contribution is 5.92. The summed E-state index contributed by atoms with van der Waals surface area (Å²) in [5.41, 5.74) is 2.49. The summed E-state index contributed by atoms with van der Waals surface area (Å²) in [6.45, 7) is 4.92. The number of carbonyl (C=O) groups is 2. The van der Waals surface area contributed by atoms with Gasteiger partial charge < -0.3 is 14.5 Å². The first kappa shape index (κ1) is 15.3. The van der Waals surface area contributed by atoms with E-state index >= 15 is 0 Å². The number of nitrogens with zero attached hydrogens (tertiary/aromatic N) is 2. The van der Waals surface area contributed by atoms with E-state index in [4.69, 9.17) is 9.63 Å². The zero-order valence-electron chi connectivity index (χ0n) is 13.1. The highest BCUT2D eigenvalue weighted by Crippen LogP contribution is 2.23. The van der Waals surface area contributed by atoms with Gasteiger partial charge in [0.2, 0.25) is 0 Å². The third-order valence-corrected chi connectivity index (χ3v) is 4.07. The summed E-state index contributed by atoms with van der Waals surface area (Å²) in [7, 11) is 0. The zero-order valence-corrected chi connectivity index (χ0v) is 13.1. The molecule has 6 nitrogen and oxygen atoms in total. The monoisotopic (exact) mass is 314 g/mol. The van der Waals surface area contributed by atoms with Crippen molar-refractivity contribution < 1.29 is 19.2 Å². The van der Waals surface area contributed by atoms with Crippen molar-refractivity contribution in [3.63, 3.8) is 0 Å². The van der Waals surface area contributed by atoms with Crippen LogP contribution in [0.4, 0.5) is 0 Å². The molecule has 0 atom stereocenters. The van der Waals surface area contributed by atoms with Crippen LogP contribution in [0.1, 0.15) is 57.5 Å². The molecule has 1 aliphatic rings. The van der Waals surface area contributed by atoms with Crippen molar-refractivity contribution in [3.8, 4) is 0 Å². The summed E-state index contributed by atoms with van der Waals surface area (Å²) in [4.78, 5) is 25.3. The van der Waals surface area contributed by atoms with Crippen LogP contribution in [-0.2, 0) is 13.0 Å². The number of benzene rings is 1. The number of rotatable bonds is 3. The van der Waals surface area contributed by atoms with Gasteiger partial charge in [0.05, 0.1) is 5.56 Å². The first-order valence-corrected chi connectivity index (χ1v) is 7.56. The van der Waals surface area contributed by atoms with Crippen molar-refractivity contribution in [2.24, 2.45) is 0 Å². The lowest BCUT2D eigenvalue weighted by Gasteiger charge is -2.28. The van der Waals surface area contributed by atoms with E-state index in [2.05, 4.69) is 5.16 Å². The Bertz CT molecular complexity index is 764. The Kier molecular flexibility index (Phi) is 3.90. The van der Waals surface area contributed by atoms with Crippen LogP contribution in [-0.4, -0.2) is 33.6 Å². The van der Waals surface area contributed by atoms with Crippen LogP contribution in [0.2, 0.25) is 0 Å². The van der Waals surface area contributed by atoms with Gasteiger partial charge in [0, 0.05) is 25.1 Å². The molecule has 0 aliphatic carbocycles. The van der Waals surface area contributed by atoms with Crippen molar-refractivity contribution in [2.45, 2.75) is 32.7 Å². The summed E-state index contributed by atoms with van der Waals surface area (Å²) in [6.07, 6.45) is 0.704. The molecule has 120 valence electrons. The third-order valence-electron chi connectivity index (χ3n) is 4.07. The summed E-state index contributed by atoms with van der Waals surface area (Å²) in [6, 6.07) is 6.74. The highest BCUT2D eigenvalue weighted by Gasteiger charge is 2.25. The van der Waals surface area contributed by atoms with Gasteiger partial charge in [-0.05, 0) is 29.7 Å². The molecule has 6 heteroatoms. The van der Waals surface area contributed by atoms with Crippen LogP contribution < -0.4 is 0 Å². The summed E-state index contributed by atoms with van der Waals surface area (Å²) in [5.74, 6) is -0.301. The van der Waals surface area contributed by atoms with Gasteiger partial charge in [0.25, 0.3) is 5.91 Å². The van der Waals surface area contributed by atoms with E-state index in [-0.39, 0.29) is 17.4 Å². The second kappa shape index (κ2) is 5.87. The molecule has 0 radical (unpaired) electrons. The first-order chi connectivity index (χ1) is 11.0. The van der Waals surface area contributed by atoms with Crippen LogP contribution in [0.3, 0.4) is 0 Å². The largest absolute Gasteiger partial charge is 0.478 e. The van der Waals surface area contributed by atoms with E-state index in [0.717, 1.165) is 11.1 Å². The Labute approximate surface area is 133 Å². The number of hydrogen-bond donors (Lipinski definition) is 1. The number of aromatic nitrogens is 1. The van der Waals surface area contributed by atoms with Crippen LogP contribution in [0.25, 0.3) is 0 Å². The number of amides is 1. The van der Waals surface area contributed by atoms with Gasteiger partial charge >= 0.3 is 5.97 Å². The molecule has 1 aromatic carbocycles. The van der Waals surface area contributed by atoms with E-state index in [9.17, 15) is 9.59 Å². The van der Waals surface area contributed by atoms with Crippen LogP contribution in [0.5, 0.6) is 0 Å². The van der Waals surface area contributed by atoms with E-state index in [1.165, 1.54) is 0 Å². The Morgan fingerprint density at radius 3 is 2.70 bits per heavy atom. The summed E-state index contributed by atoms with van der Waals surface area (Å²) >= 11 is 0. The lowest BCUT2D eigenvalue weighted by atomic mass is 9.97. The average Bonchev–Trinajstić information content (AvgIpc) is 3.03. The van der Waals surface area contributed by atoms with Gasteiger partial charge in [-0.3, -0.25) is 4.79 Å². The Balaban J connectivity index is 1.81. The van der Waals surface area contributed by atoms with Crippen molar-refractivity contribution in [1.29, 1.82) is 0 Å². The number of carbonyl (C=O) groups excluding carboxylic acids is 1. The molecule has 1 aromatic heterocycles.